The lowest BCUT2D eigenvalue weighted by molar-refractivity contribution is -0.146. The van der Waals surface area contributed by atoms with Crippen molar-refractivity contribution in [3.63, 3.8) is 0 Å². The summed E-state index contributed by atoms with van der Waals surface area (Å²) in [5.74, 6) is 0.453. The third kappa shape index (κ3) is 5.50. The highest BCUT2D eigenvalue weighted by Gasteiger charge is 2.31. The molecule has 1 fully saturated rings. The van der Waals surface area contributed by atoms with Crippen molar-refractivity contribution in [1.82, 2.24) is 5.32 Å². The minimum atomic E-state index is -0.634. The van der Waals surface area contributed by atoms with Crippen LogP contribution in [0.1, 0.15) is 46.5 Å². The average molecular weight is 243 g/mol. The molecule has 0 aromatic heterocycles. The van der Waals surface area contributed by atoms with E-state index in [-0.39, 0.29) is 18.6 Å². The fourth-order valence-corrected chi connectivity index (χ4v) is 2.18. The van der Waals surface area contributed by atoms with Gasteiger partial charge in [-0.3, -0.25) is 4.79 Å². The maximum atomic E-state index is 11.3. The van der Waals surface area contributed by atoms with Crippen molar-refractivity contribution < 1.29 is 14.6 Å². The molecule has 2 N–H and O–H groups in total. The summed E-state index contributed by atoms with van der Waals surface area (Å²) in [7, 11) is 0. The Kier molecular flexibility index (Phi) is 5.40. The van der Waals surface area contributed by atoms with Gasteiger partial charge in [-0.2, -0.15) is 0 Å². The molecular formula is C13H25NO3. The molecule has 4 heteroatoms. The van der Waals surface area contributed by atoms with E-state index >= 15 is 0 Å². The number of carbonyl (C=O) groups is 1. The molecule has 0 saturated heterocycles. The van der Waals surface area contributed by atoms with Crippen LogP contribution in [0.5, 0.6) is 0 Å². The van der Waals surface area contributed by atoms with Crippen molar-refractivity contribution in [2.75, 3.05) is 13.1 Å². The van der Waals surface area contributed by atoms with E-state index in [0.29, 0.717) is 12.5 Å². The first-order valence-electron chi connectivity index (χ1n) is 6.54. The van der Waals surface area contributed by atoms with Gasteiger partial charge >= 0.3 is 5.97 Å². The topological polar surface area (TPSA) is 58.6 Å². The van der Waals surface area contributed by atoms with E-state index < -0.39 is 5.60 Å². The van der Waals surface area contributed by atoms with E-state index in [9.17, 15) is 9.90 Å². The minimum Gasteiger partial charge on any atom is -0.462 e. The Morgan fingerprint density at radius 1 is 1.47 bits per heavy atom. The largest absolute Gasteiger partial charge is 0.462 e. The molecule has 0 aromatic carbocycles. The normalized spacial score (nSPS) is 29.4. The highest BCUT2D eigenvalue weighted by molar-refractivity contribution is 5.71. The van der Waals surface area contributed by atoms with Crippen molar-refractivity contribution in [3.05, 3.63) is 0 Å². The van der Waals surface area contributed by atoms with E-state index in [0.717, 1.165) is 25.7 Å². The average Bonchev–Trinajstić information content (AvgIpc) is 2.22. The molecule has 1 saturated carbocycles. The Balaban J connectivity index is 2.19. The molecule has 1 aliphatic rings. The van der Waals surface area contributed by atoms with Crippen molar-refractivity contribution in [3.8, 4) is 0 Å². The summed E-state index contributed by atoms with van der Waals surface area (Å²) in [6.07, 6.45) is 3.69. The van der Waals surface area contributed by atoms with E-state index in [1.165, 1.54) is 0 Å². The number of ether oxygens (including phenoxy) is 1. The summed E-state index contributed by atoms with van der Waals surface area (Å²) in [5, 5.41) is 13.3. The first-order valence-corrected chi connectivity index (χ1v) is 6.54. The van der Waals surface area contributed by atoms with Crippen molar-refractivity contribution in [2.24, 2.45) is 5.92 Å². The molecule has 17 heavy (non-hydrogen) atoms. The molecule has 0 aromatic rings. The monoisotopic (exact) mass is 243 g/mol. The van der Waals surface area contributed by atoms with Crippen LogP contribution in [-0.2, 0) is 9.53 Å². The first kappa shape index (κ1) is 14.5. The molecule has 0 atom stereocenters. The molecule has 1 rings (SSSR count). The summed E-state index contributed by atoms with van der Waals surface area (Å²) < 4.78 is 5.01. The Hall–Kier alpha value is -0.610. The Labute approximate surface area is 104 Å². The zero-order chi connectivity index (χ0) is 12.9. The Morgan fingerprint density at radius 2 is 2.06 bits per heavy atom. The van der Waals surface area contributed by atoms with Crippen LogP contribution < -0.4 is 5.32 Å². The molecule has 0 bridgehead atoms. The Bertz CT molecular complexity index is 245. The lowest BCUT2D eigenvalue weighted by Gasteiger charge is -2.35. The smallest absolute Gasteiger partial charge is 0.320 e. The summed E-state index contributed by atoms with van der Waals surface area (Å²) in [6, 6.07) is 0. The zero-order valence-corrected chi connectivity index (χ0v) is 11.2. The van der Waals surface area contributed by atoms with Crippen molar-refractivity contribution in [1.29, 1.82) is 0 Å². The van der Waals surface area contributed by atoms with Gasteiger partial charge in [-0.25, -0.2) is 0 Å². The van der Waals surface area contributed by atoms with Crippen LogP contribution in [0.25, 0.3) is 0 Å². The zero-order valence-electron chi connectivity index (χ0n) is 11.2. The molecule has 0 amide bonds. The number of hydrogen-bond donors (Lipinski definition) is 2. The number of esters is 1. The van der Waals surface area contributed by atoms with E-state index in [4.69, 9.17) is 4.74 Å². The molecule has 0 spiro atoms. The van der Waals surface area contributed by atoms with Gasteiger partial charge in [0.2, 0.25) is 0 Å². The van der Waals surface area contributed by atoms with Crippen LogP contribution in [0.4, 0.5) is 0 Å². The van der Waals surface area contributed by atoms with Crippen LogP contribution in [0.2, 0.25) is 0 Å². The van der Waals surface area contributed by atoms with Gasteiger partial charge in [0, 0.05) is 6.54 Å². The minimum absolute atomic E-state index is 0.0806. The third-order valence-electron chi connectivity index (χ3n) is 3.30. The van der Waals surface area contributed by atoms with Crippen LogP contribution in [-0.4, -0.2) is 35.9 Å². The molecule has 0 unspecified atom stereocenters. The van der Waals surface area contributed by atoms with Gasteiger partial charge in [0.15, 0.2) is 0 Å². The molecule has 0 radical (unpaired) electrons. The second-order valence-corrected chi connectivity index (χ2v) is 5.55. The maximum absolute atomic E-state index is 11.3. The highest BCUT2D eigenvalue weighted by atomic mass is 16.5. The molecule has 4 nitrogen and oxygen atoms in total. The van der Waals surface area contributed by atoms with Gasteiger partial charge in [0.1, 0.15) is 0 Å². The fourth-order valence-electron chi connectivity index (χ4n) is 2.18. The SMILES string of the molecule is CC1CCC(O)(CNCC(=O)OC(C)C)CC1. The summed E-state index contributed by atoms with van der Waals surface area (Å²) >= 11 is 0. The molecule has 0 heterocycles. The quantitative estimate of drug-likeness (QED) is 0.718. The van der Waals surface area contributed by atoms with Crippen LogP contribution >= 0.6 is 0 Å². The van der Waals surface area contributed by atoms with Gasteiger partial charge in [-0.1, -0.05) is 6.92 Å². The molecular weight excluding hydrogens is 218 g/mol. The maximum Gasteiger partial charge on any atom is 0.320 e. The van der Waals surface area contributed by atoms with Gasteiger partial charge in [0.25, 0.3) is 0 Å². The fraction of sp³-hybridized carbons (Fsp3) is 0.923. The van der Waals surface area contributed by atoms with Crippen LogP contribution in [0.3, 0.4) is 0 Å². The lowest BCUT2D eigenvalue weighted by atomic mass is 9.79. The summed E-state index contributed by atoms with van der Waals surface area (Å²) in [4.78, 5) is 11.3. The van der Waals surface area contributed by atoms with Crippen molar-refractivity contribution >= 4 is 5.97 Å². The predicted molar refractivity (Wildman–Crippen MR) is 66.7 cm³/mol. The number of carbonyl (C=O) groups excluding carboxylic acids is 1. The third-order valence-corrected chi connectivity index (χ3v) is 3.30. The van der Waals surface area contributed by atoms with Crippen molar-refractivity contribution in [2.45, 2.75) is 58.2 Å². The summed E-state index contributed by atoms with van der Waals surface area (Å²) in [5.41, 5.74) is -0.634. The van der Waals surface area contributed by atoms with E-state index in [2.05, 4.69) is 12.2 Å². The first-order chi connectivity index (χ1) is 7.91. The van der Waals surface area contributed by atoms with Gasteiger partial charge in [-0.15, -0.1) is 0 Å². The van der Waals surface area contributed by atoms with E-state index in [1.807, 2.05) is 13.8 Å². The second kappa shape index (κ2) is 6.36. The van der Waals surface area contributed by atoms with E-state index in [1.54, 1.807) is 0 Å². The number of nitrogens with one attached hydrogen (secondary N) is 1. The van der Waals surface area contributed by atoms with Gasteiger partial charge in [0.05, 0.1) is 18.2 Å². The standard InChI is InChI=1S/C13H25NO3/c1-10(2)17-12(15)8-14-9-13(16)6-4-11(3)5-7-13/h10-11,14,16H,4-9H2,1-3H3. The molecule has 1 aliphatic carbocycles. The summed E-state index contributed by atoms with van der Waals surface area (Å²) in [6.45, 7) is 6.53. The predicted octanol–water partition coefficient (Wildman–Crippen LogP) is 1.47. The number of hydrogen-bond acceptors (Lipinski definition) is 4. The molecule has 100 valence electrons. The second-order valence-electron chi connectivity index (χ2n) is 5.55. The number of aliphatic hydroxyl groups is 1. The molecule has 0 aliphatic heterocycles. The van der Waals surface area contributed by atoms with Gasteiger partial charge in [-0.05, 0) is 45.4 Å². The number of rotatable bonds is 5. The van der Waals surface area contributed by atoms with Crippen LogP contribution in [0, 0.1) is 5.92 Å². The highest BCUT2D eigenvalue weighted by Crippen LogP contribution is 2.31. The Morgan fingerprint density at radius 3 is 2.59 bits per heavy atom. The lowest BCUT2D eigenvalue weighted by Crippen LogP contribution is -2.44. The van der Waals surface area contributed by atoms with Gasteiger partial charge < -0.3 is 15.2 Å². The van der Waals surface area contributed by atoms with Crippen LogP contribution in [0.15, 0.2) is 0 Å².